The van der Waals surface area contributed by atoms with Crippen LogP contribution < -0.4 is 14.2 Å². The molecular formula is C18H23NO4S. The Balaban J connectivity index is 1.92. The quantitative estimate of drug-likeness (QED) is 0.796. The summed E-state index contributed by atoms with van der Waals surface area (Å²) in [5, 5.41) is 0. The minimum Gasteiger partial charge on any atom is -0.497 e. The van der Waals surface area contributed by atoms with Crippen LogP contribution in [0.1, 0.15) is 19.4 Å². The first-order chi connectivity index (χ1) is 11.4. The van der Waals surface area contributed by atoms with Crippen LogP contribution >= 0.6 is 0 Å². The molecule has 0 radical (unpaired) electrons. The summed E-state index contributed by atoms with van der Waals surface area (Å²) in [4.78, 5) is 0.230. The summed E-state index contributed by atoms with van der Waals surface area (Å²) in [5.41, 5.74) is 1.04. The lowest BCUT2D eigenvalue weighted by atomic mass is 10.1. The van der Waals surface area contributed by atoms with Crippen molar-refractivity contribution in [3.63, 3.8) is 0 Å². The maximum absolute atomic E-state index is 12.3. The second kappa shape index (κ2) is 8.17. The number of hydrogen-bond donors (Lipinski definition) is 1. The third kappa shape index (κ3) is 5.25. The van der Waals surface area contributed by atoms with Crippen molar-refractivity contribution in [1.29, 1.82) is 0 Å². The first-order valence-corrected chi connectivity index (χ1v) is 9.28. The van der Waals surface area contributed by atoms with Gasteiger partial charge < -0.3 is 9.47 Å². The Morgan fingerprint density at radius 1 is 0.958 bits per heavy atom. The highest BCUT2D eigenvalue weighted by atomic mass is 32.2. The maximum atomic E-state index is 12.3. The number of nitrogens with one attached hydrogen (secondary N) is 1. The van der Waals surface area contributed by atoms with Gasteiger partial charge in [-0.05, 0) is 62.2 Å². The summed E-state index contributed by atoms with van der Waals surface area (Å²) in [6.45, 7) is 4.18. The molecule has 5 nitrogen and oxygen atoms in total. The first-order valence-electron chi connectivity index (χ1n) is 7.80. The minimum atomic E-state index is -3.52. The van der Waals surface area contributed by atoms with Crippen molar-refractivity contribution in [2.75, 3.05) is 13.7 Å². The average molecular weight is 349 g/mol. The van der Waals surface area contributed by atoms with E-state index in [1.807, 2.05) is 38.1 Å². The van der Waals surface area contributed by atoms with Gasteiger partial charge in [0.25, 0.3) is 0 Å². The molecule has 24 heavy (non-hydrogen) atoms. The highest BCUT2D eigenvalue weighted by molar-refractivity contribution is 7.89. The molecule has 0 aliphatic rings. The summed E-state index contributed by atoms with van der Waals surface area (Å²) in [5.74, 6) is 1.44. The molecule has 1 N–H and O–H groups in total. The highest BCUT2D eigenvalue weighted by Gasteiger charge is 2.13. The third-order valence-electron chi connectivity index (χ3n) is 3.37. The predicted molar refractivity (Wildman–Crippen MR) is 94.1 cm³/mol. The molecule has 2 aromatic carbocycles. The number of sulfonamides is 1. The molecule has 6 heteroatoms. The first kappa shape index (κ1) is 18.3. The van der Waals surface area contributed by atoms with Gasteiger partial charge in [-0.1, -0.05) is 12.1 Å². The van der Waals surface area contributed by atoms with Gasteiger partial charge in [-0.15, -0.1) is 0 Å². The van der Waals surface area contributed by atoms with E-state index in [1.54, 1.807) is 31.4 Å². The molecule has 0 bridgehead atoms. The zero-order valence-corrected chi connectivity index (χ0v) is 15.0. The fourth-order valence-electron chi connectivity index (χ4n) is 2.17. The lowest BCUT2D eigenvalue weighted by Crippen LogP contribution is -2.26. The highest BCUT2D eigenvalue weighted by Crippen LogP contribution is 2.17. The largest absolute Gasteiger partial charge is 0.497 e. The molecule has 2 aromatic rings. The Morgan fingerprint density at radius 2 is 1.54 bits per heavy atom. The number of ether oxygens (including phenoxy) is 2. The van der Waals surface area contributed by atoms with Crippen LogP contribution in [-0.4, -0.2) is 28.2 Å². The molecule has 0 saturated carbocycles. The van der Waals surface area contributed by atoms with E-state index >= 15 is 0 Å². The predicted octanol–water partition coefficient (Wildman–Crippen LogP) is 3.00. The van der Waals surface area contributed by atoms with Gasteiger partial charge in [0.2, 0.25) is 10.0 Å². The second-order valence-electron chi connectivity index (χ2n) is 5.63. The number of hydrogen-bond acceptors (Lipinski definition) is 4. The van der Waals surface area contributed by atoms with Crippen LogP contribution in [0.2, 0.25) is 0 Å². The number of methoxy groups -OCH3 is 1. The SMILES string of the molecule is COc1ccc(CCNS(=O)(=O)c2ccc(OC(C)C)cc2)cc1. The lowest BCUT2D eigenvalue weighted by Gasteiger charge is -2.11. The van der Waals surface area contributed by atoms with E-state index in [0.717, 1.165) is 11.3 Å². The fourth-order valence-corrected chi connectivity index (χ4v) is 3.21. The molecule has 0 heterocycles. The van der Waals surface area contributed by atoms with Crippen LogP contribution in [-0.2, 0) is 16.4 Å². The molecule has 130 valence electrons. The van der Waals surface area contributed by atoms with E-state index in [2.05, 4.69) is 4.72 Å². The van der Waals surface area contributed by atoms with Gasteiger partial charge in [-0.2, -0.15) is 0 Å². The van der Waals surface area contributed by atoms with E-state index in [0.29, 0.717) is 18.7 Å². The van der Waals surface area contributed by atoms with Crippen molar-refractivity contribution in [2.24, 2.45) is 0 Å². The third-order valence-corrected chi connectivity index (χ3v) is 4.85. The monoisotopic (exact) mass is 349 g/mol. The van der Waals surface area contributed by atoms with E-state index in [1.165, 1.54) is 0 Å². The van der Waals surface area contributed by atoms with Gasteiger partial charge in [0.05, 0.1) is 18.1 Å². The Morgan fingerprint density at radius 3 is 2.08 bits per heavy atom. The lowest BCUT2D eigenvalue weighted by molar-refractivity contribution is 0.242. The van der Waals surface area contributed by atoms with E-state index in [9.17, 15) is 8.42 Å². The van der Waals surface area contributed by atoms with E-state index < -0.39 is 10.0 Å². The van der Waals surface area contributed by atoms with Crippen molar-refractivity contribution >= 4 is 10.0 Å². The number of benzene rings is 2. The average Bonchev–Trinajstić information content (AvgIpc) is 2.55. The number of rotatable bonds is 8. The van der Waals surface area contributed by atoms with Crippen LogP contribution in [0.25, 0.3) is 0 Å². The molecule has 2 rings (SSSR count). The molecule has 0 amide bonds. The van der Waals surface area contributed by atoms with Gasteiger partial charge in [0.1, 0.15) is 11.5 Å². The van der Waals surface area contributed by atoms with Crippen molar-refractivity contribution < 1.29 is 17.9 Å². The van der Waals surface area contributed by atoms with Crippen molar-refractivity contribution in [1.82, 2.24) is 4.72 Å². The molecule has 0 fully saturated rings. The normalized spacial score (nSPS) is 11.5. The topological polar surface area (TPSA) is 64.6 Å². The molecule has 0 aliphatic heterocycles. The Bertz CT molecular complexity index is 738. The molecular weight excluding hydrogens is 326 g/mol. The van der Waals surface area contributed by atoms with Crippen LogP contribution in [0.3, 0.4) is 0 Å². The fraction of sp³-hybridized carbons (Fsp3) is 0.333. The van der Waals surface area contributed by atoms with Crippen LogP contribution in [0, 0.1) is 0 Å². The van der Waals surface area contributed by atoms with E-state index in [-0.39, 0.29) is 11.0 Å². The molecule has 0 unspecified atom stereocenters. The van der Waals surface area contributed by atoms with Crippen LogP contribution in [0.15, 0.2) is 53.4 Å². The van der Waals surface area contributed by atoms with E-state index in [4.69, 9.17) is 9.47 Å². The summed E-state index contributed by atoms with van der Waals surface area (Å²) in [7, 11) is -1.91. The van der Waals surface area contributed by atoms with Crippen molar-refractivity contribution in [3.05, 3.63) is 54.1 Å². The molecule has 0 spiro atoms. The summed E-state index contributed by atoms with van der Waals surface area (Å²) < 4.78 is 37.8. The standard InChI is InChI=1S/C18H23NO4S/c1-14(2)23-17-8-10-18(11-9-17)24(20,21)19-13-12-15-4-6-16(22-3)7-5-15/h4-11,14,19H,12-13H2,1-3H3. The van der Waals surface area contributed by atoms with Gasteiger partial charge in [0.15, 0.2) is 0 Å². The smallest absolute Gasteiger partial charge is 0.240 e. The van der Waals surface area contributed by atoms with Gasteiger partial charge in [-0.25, -0.2) is 13.1 Å². The summed E-state index contributed by atoms with van der Waals surface area (Å²) in [6, 6.07) is 14.0. The van der Waals surface area contributed by atoms with Gasteiger partial charge >= 0.3 is 0 Å². The Hall–Kier alpha value is -2.05. The van der Waals surface area contributed by atoms with Gasteiger partial charge in [-0.3, -0.25) is 0 Å². The van der Waals surface area contributed by atoms with Crippen molar-refractivity contribution in [3.8, 4) is 11.5 Å². The Kier molecular flexibility index (Phi) is 6.23. The van der Waals surface area contributed by atoms with Gasteiger partial charge in [0, 0.05) is 6.54 Å². The molecule has 0 atom stereocenters. The molecule has 0 aromatic heterocycles. The zero-order chi connectivity index (χ0) is 17.6. The molecule has 0 saturated heterocycles. The van der Waals surface area contributed by atoms with Crippen LogP contribution in [0.5, 0.6) is 11.5 Å². The minimum absolute atomic E-state index is 0.0510. The molecule has 0 aliphatic carbocycles. The van der Waals surface area contributed by atoms with Crippen LogP contribution in [0.4, 0.5) is 0 Å². The maximum Gasteiger partial charge on any atom is 0.240 e. The summed E-state index contributed by atoms with van der Waals surface area (Å²) >= 11 is 0. The Labute approximate surface area is 143 Å². The zero-order valence-electron chi connectivity index (χ0n) is 14.2. The summed E-state index contributed by atoms with van der Waals surface area (Å²) in [6.07, 6.45) is 0.660. The second-order valence-corrected chi connectivity index (χ2v) is 7.40. The van der Waals surface area contributed by atoms with Crippen molar-refractivity contribution in [2.45, 2.75) is 31.3 Å².